The van der Waals surface area contributed by atoms with Gasteiger partial charge in [0, 0.05) is 30.5 Å². The van der Waals surface area contributed by atoms with Gasteiger partial charge in [0.15, 0.2) is 5.82 Å². The van der Waals surface area contributed by atoms with Gasteiger partial charge in [-0.3, -0.25) is 4.79 Å². The first-order valence-corrected chi connectivity index (χ1v) is 7.45. The summed E-state index contributed by atoms with van der Waals surface area (Å²) in [5, 5.41) is 3.26. The van der Waals surface area contributed by atoms with Crippen LogP contribution in [-0.4, -0.2) is 40.1 Å². The lowest BCUT2D eigenvalue weighted by atomic mass is 10.1. The van der Waals surface area contributed by atoms with E-state index in [2.05, 4.69) is 22.1 Å². The summed E-state index contributed by atoms with van der Waals surface area (Å²) in [6.07, 6.45) is 6.01. The number of hydrogen-bond acceptors (Lipinski definition) is 4. The largest absolute Gasteiger partial charge is 0.362 e. The maximum absolute atomic E-state index is 12.4. The molecular weight excluding hydrogens is 252 g/mol. The van der Waals surface area contributed by atoms with Gasteiger partial charge >= 0.3 is 0 Å². The van der Waals surface area contributed by atoms with Crippen molar-refractivity contribution in [2.24, 2.45) is 0 Å². The molecule has 0 spiro atoms. The zero-order valence-electron chi connectivity index (χ0n) is 13.0. The quantitative estimate of drug-likeness (QED) is 0.914. The molecule has 1 atom stereocenters. The fourth-order valence-corrected chi connectivity index (χ4v) is 2.67. The highest BCUT2D eigenvalue weighted by atomic mass is 16.1. The molecule has 1 aromatic rings. The lowest BCUT2D eigenvalue weighted by molar-refractivity contribution is 0.327. The number of likely N-dealkylation sites (tertiary alicyclic amines) is 1. The zero-order chi connectivity index (χ0) is 14.8. The first-order valence-electron chi connectivity index (χ1n) is 7.45. The van der Waals surface area contributed by atoms with Crippen LogP contribution in [0.4, 0.5) is 5.82 Å². The molecule has 112 valence electrons. The van der Waals surface area contributed by atoms with Crippen molar-refractivity contribution >= 4 is 5.82 Å². The second-order valence-electron chi connectivity index (χ2n) is 6.67. The smallest absolute Gasteiger partial charge is 0.293 e. The Bertz CT molecular complexity index is 497. The van der Waals surface area contributed by atoms with Gasteiger partial charge in [-0.15, -0.1) is 0 Å². The first kappa shape index (κ1) is 15.0. The van der Waals surface area contributed by atoms with E-state index in [1.807, 2.05) is 20.8 Å². The molecule has 1 aliphatic heterocycles. The van der Waals surface area contributed by atoms with Crippen molar-refractivity contribution in [2.75, 3.05) is 25.0 Å². The van der Waals surface area contributed by atoms with Crippen molar-refractivity contribution < 1.29 is 0 Å². The molecule has 0 radical (unpaired) electrons. The van der Waals surface area contributed by atoms with Gasteiger partial charge in [-0.2, -0.15) is 0 Å². The summed E-state index contributed by atoms with van der Waals surface area (Å²) in [7, 11) is 0. The van der Waals surface area contributed by atoms with E-state index in [4.69, 9.17) is 0 Å². The van der Waals surface area contributed by atoms with Crippen molar-refractivity contribution in [3.8, 4) is 0 Å². The minimum atomic E-state index is -0.228. The summed E-state index contributed by atoms with van der Waals surface area (Å²) in [6.45, 7) is 11.5. The molecule has 5 heteroatoms. The van der Waals surface area contributed by atoms with Gasteiger partial charge in [0.1, 0.15) is 0 Å². The Kier molecular flexibility index (Phi) is 4.48. The minimum absolute atomic E-state index is 0.0479. The standard InChI is InChI=1S/C15H26N4O/c1-12(11-18-8-5-6-9-18)17-13-14(20)19(10-7-16-13)15(2,3)4/h7,10,12H,5-6,8-9,11H2,1-4H3,(H,16,17). The van der Waals surface area contributed by atoms with E-state index in [9.17, 15) is 4.79 Å². The SMILES string of the molecule is CC(CN1CCCC1)Nc1nccn(C(C)(C)C)c1=O. The number of nitrogens with zero attached hydrogens (tertiary/aromatic N) is 3. The van der Waals surface area contributed by atoms with Crippen LogP contribution in [0, 0.1) is 0 Å². The van der Waals surface area contributed by atoms with Crippen molar-refractivity contribution in [2.45, 2.75) is 52.1 Å². The third kappa shape index (κ3) is 3.60. The molecule has 2 heterocycles. The molecule has 5 nitrogen and oxygen atoms in total. The highest BCUT2D eigenvalue weighted by Crippen LogP contribution is 2.12. The van der Waals surface area contributed by atoms with E-state index in [-0.39, 0.29) is 17.1 Å². The summed E-state index contributed by atoms with van der Waals surface area (Å²) in [5.74, 6) is 0.453. The molecular formula is C15H26N4O. The van der Waals surface area contributed by atoms with Crippen LogP contribution in [-0.2, 0) is 5.54 Å². The van der Waals surface area contributed by atoms with Gasteiger partial charge in [0.2, 0.25) is 0 Å². The van der Waals surface area contributed by atoms with Crippen molar-refractivity contribution in [1.82, 2.24) is 14.5 Å². The highest BCUT2D eigenvalue weighted by molar-refractivity contribution is 5.32. The van der Waals surface area contributed by atoms with E-state index in [0.717, 1.165) is 6.54 Å². The van der Waals surface area contributed by atoms with E-state index < -0.39 is 0 Å². The van der Waals surface area contributed by atoms with Gasteiger partial charge in [0.05, 0.1) is 0 Å². The third-order valence-corrected chi connectivity index (χ3v) is 3.68. The van der Waals surface area contributed by atoms with Gasteiger partial charge in [-0.25, -0.2) is 4.98 Å². The second-order valence-corrected chi connectivity index (χ2v) is 6.67. The van der Waals surface area contributed by atoms with Crippen molar-refractivity contribution in [3.63, 3.8) is 0 Å². The molecule has 0 saturated carbocycles. The Morgan fingerprint density at radius 3 is 2.60 bits per heavy atom. The van der Waals surface area contributed by atoms with Crippen LogP contribution in [0.2, 0.25) is 0 Å². The molecule has 1 saturated heterocycles. The zero-order valence-corrected chi connectivity index (χ0v) is 13.0. The topological polar surface area (TPSA) is 50.2 Å². The van der Waals surface area contributed by atoms with Crippen LogP contribution in [0.3, 0.4) is 0 Å². The van der Waals surface area contributed by atoms with Gasteiger partial charge < -0.3 is 14.8 Å². The normalized spacial score (nSPS) is 18.2. The molecule has 1 aromatic heterocycles. The van der Waals surface area contributed by atoms with Crippen LogP contribution in [0.5, 0.6) is 0 Å². The predicted molar refractivity (Wildman–Crippen MR) is 82.3 cm³/mol. The Morgan fingerprint density at radius 2 is 2.00 bits per heavy atom. The summed E-state index contributed by atoms with van der Waals surface area (Å²) < 4.78 is 1.73. The number of anilines is 1. The molecule has 20 heavy (non-hydrogen) atoms. The lowest BCUT2D eigenvalue weighted by Gasteiger charge is -2.24. The number of hydrogen-bond donors (Lipinski definition) is 1. The summed E-state index contributed by atoms with van der Waals surface area (Å²) in [5.41, 5.74) is -0.275. The molecule has 0 aromatic carbocycles. The van der Waals surface area contributed by atoms with Crippen LogP contribution in [0.15, 0.2) is 17.2 Å². The lowest BCUT2D eigenvalue weighted by Crippen LogP contribution is -2.38. The van der Waals surface area contributed by atoms with Crippen molar-refractivity contribution in [3.05, 3.63) is 22.7 Å². The molecule has 2 rings (SSSR count). The van der Waals surface area contributed by atoms with Gasteiger partial charge in [-0.1, -0.05) is 0 Å². The highest BCUT2D eigenvalue weighted by Gasteiger charge is 2.19. The molecule has 1 unspecified atom stereocenters. The number of aromatic nitrogens is 2. The number of rotatable bonds is 4. The van der Waals surface area contributed by atoms with Crippen LogP contribution in [0.25, 0.3) is 0 Å². The van der Waals surface area contributed by atoms with E-state index >= 15 is 0 Å². The molecule has 0 amide bonds. The average Bonchev–Trinajstić information content (AvgIpc) is 2.83. The Hall–Kier alpha value is -1.36. The predicted octanol–water partition coefficient (Wildman–Crippen LogP) is 1.89. The molecule has 0 bridgehead atoms. The fraction of sp³-hybridized carbons (Fsp3) is 0.733. The monoisotopic (exact) mass is 278 g/mol. The Balaban J connectivity index is 2.07. The first-order chi connectivity index (χ1) is 9.38. The second kappa shape index (κ2) is 5.95. The fourth-order valence-electron chi connectivity index (χ4n) is 2.67. The summed E-state index contributed by atoms with van der Waals surface area (Å²) >= 11 is 0. The summed E-state index contributed by atoms with van der Waals surface area (Å²) in [4.78, 5) is 19.1. The van der Waals surface area contributed by atoms with Gasteiger partial charge in [0.25, 0.3) is 5.56 Å². The van der Waals surface area contributed by atoms with Gasteiger partial charge in [-0.05, 0) is 53.6 Å². The van der Waals surface area contributed by atoms with Crippen LogP contribution >= 0.6 is 0 Å². The minimum Gasteiger partial charge on any atom is -0.362 e. The Morgan fingerprint density at radius 1 is 1.35 bits per heavy atom. The maximum Gasteiger partial charge on any atom is 0.293 e. The molecule has 1 N–H and O–H groups in total. The number of nitrogens with one attached hydrogen (secondary N) is 1. The molecule has 0 aliphatic carbocycles. The summed E-state index contributed by atoms with van der Waals surface area (Å²) in [6, 6.07) is 0.226. The van der Waals surface area contributed by atoms with Crippen molar-refractivity contribution in [1.29, 1.82) is 0 Å². The maximum atomic E-state index is 12.4. The van der Waals surface area contributed by atoms with E-state index in [1.54, 1.807) is 17.0 Å². The van der Waals surface area contributed by atoms with Crippen LogP contribution in [0.1, 0.15) is 40.5 Å². The average molecular weight is 278 g/mol. The molecule has 1 fully saturated rings. The van der Waals surface area contributed by atoms with E-state index in [1.165, 1.54) is 25.9 Å². The molecule has 1 aliphatic rings. The Labute approximate surface area is 121 Å². The van der Waals surface area contributed by atoms with Crippen LogP contribution < -0.4 is 10.9 Å². The third-order valence-electron chi connectivity index (χ3n) is 3.68. The van der Waals surface area contributed by atoms with E-state index in [0.29, 0.717) is 5.82 Å².